The number of benzene rings is 2. The van der Waals surface area contributed by atoms with Gasteiger partial charge in [0.2, 0.25) is 0 Å². The normalized spacial score (nSPS) is 14.0. The topological polar surface area (TPSA) is 61.8 Å². The Kier molecular flexibility index (Phi) is 3.79. The van der Waals surface area contributed by atoms with Crippen LogP contribution in [0.25, 0.3) is 0 Å². The average Bonchev–Trinajstić information content (AvgIpc) is 2.59. The van der Waals surface area contributed by atoms with Gasteiger partial charge in [-0.25, -0.2) is 9.59 Å². The van der Waals surface area contributed by atoms with E-state index in [1.807, 2.05) is 12.1 Å². The summed E-state index contributed by atoms with van der Waals surface area (Å²) >= 11 is 0. The lowest BCUT2D eigenvalue weighted by molar-refractivity contribution is 0.0592. The molecule has 2 aromatic rings. The highest BCUT2D eigenvalue weighted by atomic mass is 16.5. The third kappa shape index (κ3) is 2.42. The van der Waals surface area contributed by atoms with Crippen molar-refractivity contribution in [3.63, 3.8) is 0 Å². The number of rotatable bonds is 2. The second-order valence-electron chi connectivity index (χ2n) is 6.13. The van der Waals surface area contributed by atoms with Crippen molar-refractivity contribution in [2.24, 2.45) is 0 Å². The maximum atomic E-state index is 11.7. The summed E-state index contributed by atoms with van der Waals surface area (Å²) in [6.07, 6.45) is 0. The maximum Gasteiger partial charge on any atom is 0.337 e. The highest BCUT2D eigenvalue weighted by molar-refractivity contribution is 5.91. The van der Waals surface area contributed by atoms with Crippen LogP contribution in [0.5, 0.6) is 11.5 Å². The largest absolute Gasteiger partial charge is 0.465 e. The van der Waals surface area contributed by atoms with Crippen molar-refractivity contribution >= 4 is 11.9 Å². The van der Waals surface area contributed by atoms with Gasteiger partial charge in [0, 0.05) is 16.5 Å². The summed E-state index contributed by atoms with van der Waals surface area (Å²) in [4.78, 5) is 23.5. The molecule has 1 aliphatic rings. The van der Waals surface area contributed by atoms with Crippen LogP contribution in [0.15, 0.2) is 36.4 Å². The molecule has 0 unspecified atom stereocenters. The maximum absolute atomic E-state index is 11.7. The first-order valence-electron chi connectivity index (χ1n) is 7.52. The molecule has 0 radical (unpaired) electrons. The summed E-state index contributed by atoms with van der Waals surface area (Å²) < 4.78 is 15.5. The number of esters is 2. The second-order valence-corrected chi connectivity index (χ2v) is 6.13. The van der Waals surface area contributed by atoms with Gasteiger partial charge in [-0.1, -0.05) is 26.0 Å². The number of fused-ring (bicyclic) bond motifs is 2. The SMILES string of the molecule is COC(=O)c1ccc2c(c1)Oc1cc(C(=O)OC)ccc1C2(C)C. The van der Waals surface area contributed by atoms with E-state index in [2.05, 4.69) is 13.8 Å². The Morgan fingerprint density at radius 1 is 0.833 bits per heavy atom. The zero-order valence-electron chi connectivity index (χ0n) is 14.0. The van der Waals surface area contributed by atoms with Crippen LogP contribution < -0.4 is 4.74 Å². The monoisotopic (exact) mass is 326 g/mol. The van der Waals surface area contributed by atoms with E-state index in [9.17, 15) is 9.59 Å². The predicted octanol–water partition coefficient (Wildman–Crippen LogP) is 3.69. The van der Waals surface area contributed by atoms with Crippen molar-refractivity contribution in [1.82, 2.24) is 0 Å². The fourth-order valence-electron chi connectivity index (χ4n) is 3.00. The Bertz CT molecular complexity index is 768. The molecule has 0 amide bonds. The van der Waals surface area contributed by atoms with Gasteiger partial charge < -0.3 is 14.2 Å². The molecule has 0 aliphatic carbocycles. The van der Waals surface area contributed by atoms with Crippen LogP contribution >= 0.6 is 0 Å². The molecule has 124 valence electrons. The van der Waals surface area contributed by atoms with Crippen molar-refractivity contribution in [3.8, 4) is 11.5 Å². The highest BCUT2D eigenvalue weighted by Gasteiger charge is 2.35. The molecule has 1 aliphatic heterocycles. The number of hydrogen-bond acceptors (Lipinski definition) is 5. The number of ether oxygens (including phenoxy) is 3. The van der Waals surface area contributed by atoms with Crippen LogP contribution in [0, 0.1) is 0 Å². The van der Waals surface area contributed by atoms with Crippen molar-refractivity contribution in [2.45, 2.75) is 19.3 Å². The van der Waals surface area contributed by atoms with E-state index in [1.54, 1.807) is 24.3 Å². The highest BCUT2D eigenvalue weighted by Crippen LogP contribution is 2.48. The lowest BCUT2D eigenvalue weighted by atomic mass is 9.75. The quantitative estimate of drug-likeness (QED) is 0.788. The predicted molar refractivity (Wildman–Crippen MR) is 87.8 cm³/mol. The number of hydrogen-bond donors (Lipinski definition) is 0. The van der Waals surface area contributed by atoms with E-state index in [0.717, 1.165) is 11.1 Å². The minimum atomic E-state index is -0.423. The molecule has 0 saturated carbocycles. The third-order valence-electron chi connectivity index (χ3n) is 4.37. The molecule has 24 heavy (non-hydrogen) atoms. The first kappa shape index (κ1) is 16.1. The van der Waals surface area contributed by atoms with Crippen LogP contribution in [0.2, 0.25) is 0 Å². The summed E-state index contributed by atoms with van der Waals surface area (Å²) in [6.45, 7) is 4.14. The van der Waals surface area contributed by atoms with Crippen LogP contribution in [0.4, 0.5) is 0 Å². The van der Waals surface area contributed by atoms with Gasteiger partial charge in [0.15, 0.2) is 0 Å². The molecule has 3 rings (SSSR count). The van der Waals surface area contributed by atoms with E-state index in [1.165, 1.54) is 14.2 Å². The van der Waals surface area contributed by atoms with Crippen molar-refractivity contribution in [2.75, 3.05) is 14.2 Å². The summed E-state index contributed by atoms with van der Waals surface area (Å²) in [6, 6.07) is 10.5. The van der Waals surface area contributed by atoms with Gasteiger partial charge in [-0.05, 0) is 24.3 Å². The molecule has 2 aromatic carbocycles. The van der Waals surface area contributed by atoms with Crippen LogP contribution in [0.3, 0.4) is 0 Å². The molecule has 0 aromatic heterocycles. The van der Waals surface area contributed by atoms with Gasteiger partial charge in [-0.15, -0.1) is 0 Å². The van der Waals surface area contributed by atoms with E-state index >= 15 is 0 Å². The van der Waals surface area contributed by atoms with E-state index < -0.39 is 11.9 Å². The van der Waals surface area contributed by atoms with Crippen molar-refractivity contribution in [3.05, 3.63) is 58.7 Å². The molecular formula is C19H18O5. The zero-order valence-corrected chi connectivity index (χ0v) is 14.0. The third-order valence-corrected chi connectivity index (χ3v) is 4.37. The van der Waals surface area contributed by atoms with Gasteiger partial charge in [0.05, 0.1) is 25.3 Å². The van der Waals surface area contributed by atoms with Gasteiger partial charge >= 0.3 is 11.9 Å². The van der Waals surface area contributed by atoms with E-state index in [0.29, 0.717) is 22.6 Å². The van der Waals surface area contributed by atoms with Gasteiger partial charge in [0.1, 0.15) is 11.5 Å². The van der Waals surface area contributed by atoms with Crippen LogP contribution in [0.1, 0.15) is 45.7 Å². The molecule has 0 fully saturated rings. The Morgan fingerprint density at radius 3 is 1.62 bits per heavy atom. The van der Waals surface area contributed by atoms with E-state index in [-0.39, 0.29) is 5.41 Å². The molecular weight excluding hydrogens is 308 g/mol. The Labute approximate surface area is 140 Å². The van der Waals surface area contributed by atoms with Gasteiger partial charge in [-0.3, -0.25) is 0 Å². The fraction of sp³-hybridized carbons (Fsp3) is 0.263. The Balaban J connectivity index is 2.11. The summed E-state index contributed by atoms with van der Waals surface area (Å²) in [5, 5.41) is 0. The second kappa shape index (κ2) is 5.67. The molecule has 5 heteroatoms. The average molecular weight is 326 g/mol. The molecule has 0 bridgehead atoms. The fourth-order valence-corrected chi connectivity index (χ4v) is 3.00. The minimum absolute atomic E-state index is 0.327. The van der Waals surface area contributed by atoms with Crippen LogP contribution in [-0.4, -0.2) is 26.2 Å². The van der Waals surface area contributed by atoms with Gasteiger partial charge in [-0.2, -0.15) is 0 Å². The van der Waals surface area contributed by atoms with E-state index in [4.69, 9.17) is 14.2 Å². The minimum Gasteiger partial charge on any atom is -0.465 e. The lowest BCUT2D eigenvalue weighted by Gasteiger charge is -2.34. The summed E-state index contributed by atoms with van der Waals surface area (Å²) in [7, 11) is 2.68. The number of carbonyl (C=O) groups is 2. The molecule has 0 spiro atoms. The first-order valence-corrected chi connectivity index (χ1v) is 7.52. The van der Waals surface area contributed by atoms with Gasteiger partial charge in [0.25, 0.3) is 0 Å². The molecule has 0 saturated heterocycles. The number of carbonyl (C=O) groups excluding carboxylic acids is 2. The molecule has 5 nitrogen and oxygen atoms in total. The Morgan fingerprint density at radius 2 is 1.25 bits per heavy atom. The lowest BCUT2D eigenvalue weighted by Crippen LogP contribution is -2.25. The molecule has 0 atom stereocenters. The number of methoxy groups -OCH3 is 2. The van der Waals surface area contributed by atoms with Crippen molar-refractivity contribution < 1.29 is 23.8 Å². The van der Waals surface area contributed by atoms with Crippen LogP contribution in [-0.2, 0) is 14.9 Å². The summed E-state index contributed by atoms with van der Waals surface area (Å²) in [5.74, 6) is 0.316. The smallest absolute Gasteiger partial charge is 0.337 e. The molecule has 1 heterocycles. The summed E-state index contributed by atoms with van der Waals surface area (Å²) in [5.41, 5.74) is 2.44. The zero-order chi connectivity index (χ0) is 17.5. The first-order chi connectivity index (χ1) is 11.4. The standard InChI is InChI=1S/C19H18O5/c1-19(2)13-7-5-11(17(20)22-3)9-15(13)24-16-10-12(18(21)23-4)6-8-14(16)19/h5-10H,1-4H3. The Hall–Kier alpha value is -2.82. The molecule has 0 N–H and O–H groups in total. The van der Waals surface area contributed by atoms with Crippen molar-refractivity contribution in [1.29, 1.82) is 0 Å².